The van der Waals surface area contributed by atoms with Gasteiger partial charge in [-0.2, -0.15) is 9.61 Å². The van der Waals surface area contributed by atoms with Gasteiger partial charge in [0, 0.05) is 29.9 Å². The van der Waals surface area contributed by atoms with Crippen LogP contribution >= 0.6 is 0 Å². The number of imidazole rings is 1. The van der Waals surface area contributed by atoms with Crippen molar-refractivity contribution in [1.82, 2.24) is 29.3 Å². The number of hydrogen-bond donors (Lipinski definition) is 1. The molecule has 1 fully saturated rings. The van der Waals surface area contributed by atoms with Gasteiger partial charge in [-0.05, 0) is 63.5 Å². The van der Waals surface area contributed by atoms with Gasteiger partial charge in [-0.25, -0.2) is 9.97 Å². The molecule has 7 nitrogen and oxygen atoms in total. The maximum absolute atomic E-state index is 12.8. The third-order valence-electron chi connectivity index (χ3n) is 5.45. The highest BCUT2D eigenvalue weighted by atomic mass is 16.1. The second-order valence-electron chi connectivity index (χ2n) is 7.56. The molecule has 0 amide bonds. The molecule has 1 saturated heterocycles. The molecule has 0 atom stereocenters. The van der Waals surface area contributed by atoms with Gasteiger partial charge >= 0.3 is 0 Å². The van der Waals surface area contributed by atoms with Crippen LogP contribution in [0.5, 0.6) is 0 Å². The van der Waals surface area contributed by atoms with Crippen molar-refractivity contribution in [3.8, 4) is 11.3 Å². The van der Waals surface area contributed by atoms with E-state index in [1.165, 1.54) is 4.52 Å². The maximum Gasteiger partial charge on any atom is 0.275 e. The minimum atomic E-state index is -0.157. The summed E-state index contributed by atoms with van der Waals surface area (Å²) in [5.41, 5.74) is 5.86. The van der Waals surface area contributed by atoms with E-state index in [4.69, 9.17) is 4.98 Å². The standard InChI is InChI=1S/C21H22N6O/c1-13-9-16(12-26-11-14(2)23-21(13)26)18-10-20(28)27-19(24-18)4-3-17(25-27)15-5-7-22-8-6-15/h3-4,9-12,15,22H,5-8H2,1-2H3. The minimum absolute atomic E-state index is 0.157. The molecule has 7 heteroatoms. The fraction of sp³-hybridized carbons (Fsp3) is 0.333. The Balaban J connectivity index is 1.60. The molecule has 0 saturated carbocycles. The Morgan fingerprint density at radius 3 is 2.71 bits per heavy atom. The summed E-state index contributed by atoms with van der Waals surface area (Å²) >= 11 is 0. The normalized spacial score (nSPS) is 15.5. The van der Waals surface area contributed by atoms with Gasteiger partial charge in [0.1, 0.15) is 5.65 Å². The van der Waals surface area contributed by atoms with Gasteiger partial charge in [0.2, 0.25) is 0 Å². The quantitative estimate of drug-likeness (QED) is 0.583. The van der Waals surface area contributed by atoms with Crippen LogP contribution in [0.25, 0.3) is 22.6 Å². The third kappa shape index (κ3) is 2.88. The monoisotopic (exact) mass is 374 g/mol. The molecule has 28 heavy (non-hydrogen) atoms. The lowest BCUT2D eigenvalue weighted by Gasteiger charge is -2.22. The molecule has 142 valence electrons. The number of pyridine rings is 1. The smallest absolute Gasteiger partial charge is 0.275 e. The Kier molecular flexibility index (Phi) is 3.98. The first-order valence-corrected chi connectivity index (χ1v) is 9.66. The number of aryl methyl sites for hydroxylation is 2. The van der Waals surface area contributed by atoms with E-state index in [0.717, 1.165) is 54.1 Å². The Morgan fingerprint density at radius 2 is 1.89 bits per heavy atom. The molecule has 0 aromatic carbocycles. The lowest BCUT2D eigenvalue weighted by atomic mass is 9.94. The van der Waals surface area contributed by atoms with Crippen LogP contribution in [0.3, 0.4) is 0 Å². The van der Waals surface area contributed by atoms with E-state index in [9.17, 15) is 4.79 Å². The second-order valence-corrected chi connectivity index (χ2v) is 7.56. The SMILES string of the molecule is Cc1cn2cc(-c3cc(=O)n4nc(C5CCNCC5)ccc4n3)cc(C)c2n1. The Bertz CT molecular complexity index is 1250. The van der Waals surface area contributed by atoms with E-state index in [1.807, 2.05) is 48.8 Å². The minimum Gasteiger partial charge on any atom is -0.317 e. The number of nitrogens with one attached hydrogen (secondary N) is 1. The number of aromatic nitrogens is 5. The summed E-state index contributed by atoms with van der Waals surface area (Å²) in [7, 11) is 0. The van der Waals surface area contributed by atoms with Gasteiger partial charge in [-0.15, -0.1) is 0 Å². The number of piperidine rings is 1. The summed E-state index contributed by atoms with van der Waals surface area (Å²) in [4.78, 5) is 22.0. The highest BCUT2D eigenvalue weighted by Gasteiger charge is 2.18. The average molecular weight is 374 g/mol. The molecule has 4 aromatic rings. The molecule has 1 N–H and O–H groups in total. The summed E-state index contributed by atoms with van der Waals surface area (Å²) in [6.07, 6.45) is 6.04. The molecule has 1 aliphatic heterocycles. The maximum atomic E-state index is 12.8. The summed E-state index contributed by atoms with van der Waals surface area (Å²) in [5.74, 6) is 0.395. The number of fused-ring (bicyclic) bond motifs is 2. The van der Waals surface area contributed by atoms with E-state index in [-0.39, 0.29) is 5.56 Å². The predicted octanol–water partition coefficient (Wildman–Crippen LogP) is 2.49. The second kappa shape index (κ2) is 6.53. The van der Waals surface area contributed by atoms with Crippen LogP contribution in [-0.2, 0) is 0 Å². The van der Waals surface area contributed by atoms with Crippen LogP contribution in [0.4, 0.5) is 0 Å². The Labute approximate surface area is 162 Å². The average Bonchev–Trinajstić information content (AvgIpc) is 3.09. The molecule has 4 aromatic heterocycles. The van der Waals surface area contributed by atoms with Gasteiger partial charge in [0.25, 0.3) is 5.56 Å². The van der Waals surface area contributed by atoms with Crippen molar-refractivity contribution in [3.63, 3.8) is 0 Å². The zero-order chi connectivity index (χ0) is 19.3. The zero-order valence-corrected chi connectivity index (χ0v) is 16.0. The third-order valence-corrected chi connectivity index (χ3v) is 5.45. The lowest BCUT2D eigenvalue weighted by Crippen LogP contribution is -2.28. The first kappa shape index (κ1) is 17.1. The van der Waals surface area contributed by atoms with E-state index < -0.39 is 0 Å². The Morgan fingerprint density at radius 1 is 1.07 bits per heavy atom. The lowest BCUT2D eigenvalue weighted by molar-refractivity contribution is 0.448. The molecule has 0 aliphatic carbocycles. The zero-order valence-electron chi connectivity index (χ0n) is 16.0. The molecular formula is C21H22N6O. The van der Waals surface area contributed by atoms with E-state index in [1.54, 1.807) is 6.07 Å². The van der Waals surface area contributed by atoms with Crippen molar-refractivity contribution in [1.29, 1.82) is 0 Å². The molecule has 0 unspecified atom stereocenters. The van der Waals surface area contributed by atoms with E-state index >= 15 is 0 Å². The number of rotatable bonds is 2. The molecule has 0 spiro atoms. The van der Waals surface area contributed by atoms with Gasteiger partial charge < -0.3 is 9.72 Å². The van der Waals surface area contributed by atoms with Crippen molar-refractivity contribution in [2.24, 2.45) is 0 Å². The first-order valence-electron chi connectivity index (χ1n) is 9.66. The molecule has 0 bridgehead atoms. The number of hydrogen-bond acceptors (Lipinski definition) is 5. The molecule has 1 aliphatic rings. The van der Waals surface area contributed by atoms with E-state index in [0.29, 0.717) is 17.3 Å². The van der Waals surface area contributed by atoms with Crippen LogP contribution < -0.4 is 10.9 Å². The van der Waals surface area contributed by atoms with Crippen molar-refractivity contribution in [2.45, 2.75) is 32.6 Å². The highest BCUT2D eigenvalue weighted by Crippen LogP contribution is 2.24. The van der Waals surface area contributed by atoms with Gasteiger partial charge in [0.15, 0.2) is 5.65 Å². The van der Waals surface area contributed by atoms with E-state index in [2.05, 4.69) is 15.4 Å². The van der Waals surface area contributed by atoms with Crippen molar-refractivity contribution >= 4 is 11.3 Å². The van der Waals surface area contributed by atoms with Crippen LogP contribution in [0.1, 0.15) is 35.7 Å². The van der Waals surface area contributed by atoms with Crippen molar-refractivity contribution in [2.75, 3.05) is 13.1 Å². The Hall–Kier alpha value is -3.06. The highest BCUT2D eigenvalue weighted by molar-refractivity contribution is 5.65. The molecule has 5 heterocycles. The van der Waals surface area contributed by atoms with Crippen LogP contribution in [0.15, 0.2) is 41.5 Å². The van der Waals surface area contributed by atoms with Crippen LogP contribution in [0.2, 0.25) is 0 Å². The summed E-state index contributed by atoms with van der Waals surface area (Å²) in [6.45, 7) is 5.97. The first-order chi connectivity index (χ1) is 13.6. The number of nitrogens with zero attached hydrogens (tertiary/aromatic N) is 5. The summed E-state index contributed by atoms with van der Waals surface area (Å²) < 4.78 is 3.41. The van der Waals surface area contributed by atoms with Crippen LogP contribution in [-0.4, -0.2) is 37.1 Å². The fourth-order valence-corrected chi connectivity index (χ4v) is 4.03. The largest absolute Gasteiger partial charge is 0.317 e. The van der Waals surface area contributed by atoms with Gasteiger partial charge in [0.05, 0.1) is 17.1 Å². The predicted molar refractivity (Wildman–Crippen MR) is 108 cm³/mol. The molecule has 5 rings (SSSR count). The summed E-state index contributed by atoms with van der Waals surface area (Å²) in [5, 5.41) is 7.96. The van der Waals surface area contributed by atoms with Crippen molar-refractivity contribution < 1.29 is 0 Å². The molecule has 0 radical (unpaired) electrons. The molecular weight excluding hydrogens is 352 g/mol. The van der Waals surface area contributed by atoms with Gasteiger partial charge in [-0.1, -0.05) is 0 Å². The van der Waals surface area contributed by atoms with Crippen molar-refractivity contribution in [3.05, 3.63) is 64.0 Å². The van der Waals surface area contributed by atoms with Crippen LogP contribution in [0, 0.1) is 13.8 Å². The fourth-order valence-electron chi connectivity index (χ4n) is 4.03. The van der Waals surface area contributed by atoms with Gasteiger partial charge in [-0.3, -0.25) is 4.79 Å². The summed E-state index contributed by atoms with van der Waals surface area (Å²) in [6, 6.07) is 7.50. The topological polar surface area (TPSA) is 76.6 Å².